The van der Waals surface area contributed by atoms with Crippen molar-refractivity contribution in [2.45, 2.75) is 189 Å². The molecule has 0 radical (unpaired) electrons. The first-order valence-corrected chi connectivity index (χ1v) is 28.4. The van der Waals surface area contributed by atoms with Crippen molar-refractivity contribution in [3.63, 3.8) is 0 Å². The number of carbonyl (C=O) groups excluding carboxylic acids is 6. The van der Waals surface area contributed by atoms with Crippen LogP contribution in [-0.2, 0) is 32.0 Å². The van der Waals surface area contributed by atoms with E-state index >= 15 is 0 Å². The van der Waals surface area contributed by atoms with E-state index < -0.39 is 21.7 Å². The van der Waals surface area contributed by atoms with Gasteiger partial charge in [-0.15, -0.1) is 0 Å². The Balaban J connectivity index is 0.000000420. The minimum atomic E-state index is -0.668. The van der Waals surface area contributed by atoms with Gasteiger partial charge >= 0.3 is 23.9 Å². The topological polar surface area (TPSA) is 158 Å². The maximum Gasteiger partial charge on any atom is 0.316 e. The lowest BCUT2D eigenvalue weighted by molar-refractivity contribution is -0.143. The van der Waals surface area contributed by atoms with Crippen LogP contribution in [0.5, 0.6) is 34.5 Å². The van der Waals surface area contributed by atoms with Crippen LogP contribution >= 0.6 is 0 Å². The third-order valence-corrected chi connectivity index (χ3v) is 12.2. The largest absolute Gasteiger partial charge is 0.493 e. The van der Waals surface area contributed by atoms with E-state index in [1.165, 1.54) is 12.2 Å². The quantitative estimate of drug-likeness (QED) is 0.0318. The van der Waals surface area contributed by atoms with Crippen LogP contribution in [0.3, 0.4) is 0 Å². The van der Waals surface area contributed by atoms with Gasteiger partial charge in [0.2, 0.25) is 0 Å². The zero-order chi connectivity index (χ0) is 60.5. The number of hydrogen-bond donors (Lipinski definition) is 0. The molecule has 0 fully saturated rings. The number of ketones is 2. The maximum atomic E-state index is 13.1. The summed E-state index contributed by atoms with van der Waals surface area (Å²) >= 11 is 0. The fourth-order valence-electron chi connectivity index (χ4n) is 7.53. The number of benzene rings is 4. The van der Waals surface area contributed by atoms with Gasteiger partial charge in [0.15, 0.2) is 11.6 Å². The number of hydrogen-bond acceptors (Lipinski definition) is 12. The second-order valence-electron chi connectivity index (χ2n) is 24.9. The lowest BCUT2D eigenvalue weighted by Crippen LogP contribution is -2.27. The van der Waals surface area contributed by atoms with Crippen molar-refractivity contribution in [3.8, 4) is 34.5 Å². The van der Waals surface area contributed by atoms with Gasteiger partial charge in [0.05, 0.1) is 34.9 Å². The van der Waals surface area contributed by atoms with E-state index in [4.69, 9.17) is 28.4 Å². The molecule has 0 bridgehead atoms. The molecule has 12 heteroatoms. The van der Waals surface area contributed by atoms with Crippen LogP contribution in [-0.4, -0.2) is 48.7 Å². The summed E-state index contributed by atoms with van der Waals surface area (Å²) in [7, 11) is 0. The lowest BCUT2D eigenvalue weighted by atomic mass is 9.89. The SMILES string of the molecule is CCCOc1c(/C=C/C(=O)c2ccc(OC(=O)C(C)(C)C)cc2)cc(C(C)C)c(OC(=O)C(C)(C)C)c1C(C)C.CCCOc1c(/C=C/C(=O)c2ccc(OC(=O)C(C)(C)C)cc2)cc(CCC)c(OC(=O)C(C)(C)C)c1CCC. The molecule has 0 aliphatic carbocycles. The van der Waals surface area contributed by atoms with E-state index in [0.717, 1.165) is 65.5 Å². The van der Waals surface area contributed by atoms with Gasteiger partial charge in [0, 0.05) is 33.4 Å². The van der Waals surface area contributed by atoms with E-state index in [2.05, 4.69) is 13.8 Å². The van der Waals surface area contributed by atoms with Crippen LogP contribution in [0.2, 0.25) is 0 Å². The third kappa shape index (κ3) is 19.8. The fraction of sp³-hybridized carbons (Fsp3) is 0.500. The van der Waals surface area contributed by atoms with E-state index in [0.29, 0.717) is 65.3 Å². The van der Waals surface area contributed by atoms with Crippen LogP contribution < -0.4 is 28.4 Å². The van der Waals surface area contributed by atoms with Gasteiger partial charge in [-0.25, -0.2) is 0 Å². The first-order valence-electron chi connectivity index (χ1n) is 28.4. The highest BCUT2D eigenvalue weighted by Gasteiger charge is 2.32. The second kappa shape index (κ2) is 29.6. The van der Waals surface area contributed by atoms with Gasteiger partial charge in [-0.1, -0.05) is 68.2 Å². The molecule has 0 unspecified atom stereocenters. The molecule has 0 aromatic heterocycles. The third-order valence-electron chi connectivity index (χ3n) is 12.2. The summed E-state index contributed by atoms with van der Waals surface area (Å²) in [6.07, 6.45) is 11.3. The molecule has 436 valence electrons. The Hall–Kier alpha value is -6.82. The Morgan fingerprint density at radius 1 is 0.438 bits per heavy atom. The highest BCUT2D eigenvalue weighted by atomic mass is 16.6. The van der Waals surface area contributed by atoms with Crippen LogP contribution in [0.15, 0.2) is 72.8 Å². The molecule has 0 amide bonds. The summed E-state index contributed by atoms with van der Waals surface area (Å²) in [5.74, 6) is 1.56. The first-order chi connectivity index (χ1) is 37.2. The first kappa shape index (κ1) is 67.5. The Kier molecular flexibility index (Phi) is 24.9. The monoisotopic (exact) mass is 1100 g/mol. The summed E-state index contributed by atoms with van der Waals surface area (Å²) in [6.45, 7) is 39.1. The van der Waals surface area contributed by atoms with Gasteiger partial charge in [0.1, 0.15) is 34.5 Å². The highest BCUT2D eigenvalue weighted by molar-refractivity contribution is 6.08. The molecule has 0 aliphatic rings. The summed E-state index contributed by atoms with van der Waals surface area (Å²) < 4.78 is 35.4. The molecule has 0 saturated carbocycles. The Morgan fingerprint density at radius 2 is 0.812 bits per heavy atom. The predicted octanol–water partition coefficient (Wildman–Crippen LogP) is 16.7. The van der Waals surface area contributed by atoms with Crippen molar-refractivity contribution in [2.75, 3.05) is 13.2 Å². The zero-order valence-corrected chi connectivity index (χ0v) is 51.8. The summed E-state index contributed by atoms with van der Waals surface area (Å²) in [5.41, 5.74) is 3.37. The number of allylic oxidation sites excluding steroid dienone is 2. The number of ether oxygens (including phenoxy) is 6. The minimum absolute atomic E-state index is 0.000436. The van der Waals surface area contributed by atoms with E-state index in [-0.39, 0.29) is 47.3 Å². The van der Waals surface area contributed by atoms with Gasteiger partial charge in [-0.2, -0.15) is 0 Å². The molecular formula is C68H92O12. The lowest BCUT2D eigenvalue weighted by Gasteiger charge is -2.26. The zero-order valence-electron chi connectivity index (χ0n) is 51.8. The second-order valence-corrected chi connectivity index (χ2v) is 24.9. The Bertz CT molecular complexity index is 2830. The van der Waals surface area contributed by atoms with Crippen molar-refractivity contribution in [3.05, 3.63) is 117 Å². The van der Waals surface area contributed by atoms with Gasteiger partial charge < -0.3 is 28.4 Å². The summed E-state index contributed by atoms with van der Waals surface area (Å²) in [6, 6.07) is 17.0. The molecule has 0 atom stereocenters. The molecule has 4 aromatic carbocycles. The van der Waals surface area contributed by atoms with Crippen LogP contribution in [0.1, 0.15) is 230 Å². The molecule has 0 N–H and O–H groups in total. The number of esters is 4. The van der Waals surface area contributed by atoms with Gasteiger partial charge in [-0.3, -0.25) is 28.8 Å². The fourth-order valence-corrected chi connectivity index (χ4v) is 7.53. The van der Waals surface area contributed by atoms with E-state index in [9.17, 15) is 28.8 Å². The number of rotatable bonds is 22. The minimum Gasteiger partial charge on any atom is -0.493 e. The number of aryl methyl sites for hydroxylation is 1. The number of carbonyl (C=O) groups is 6. The normalized spacial score (nSPS) is 12.1. The molecule has 0 saturated heterocycles. The molecule has 80 heavy (non-hydrogen) atoms. The van der Waals surface area contributed by atoms with Crippen molar-refractivity contribution in [2.24, 2.45) is 21.7 Å². The van der Waals surface area contributed by atoms with Crippen molar-refractivity contribution < 1.29 is 57.2 Å². The molecule has 4 rings (SSSR count). The Labute approximate surface area is 478 Å². The van der Waals surface area contributed by atoms with Crippen molar-refractivity contribution >= 4 is 47.6 Å². The molecule has 0 spiro atoms. The summed E-state index contributed by atoms with van der Waals surface area (Å²) in [5, 5.41) is 0. The smallest absolute Gasteiger partial charge is 0.316 e. The van der Waals surface area contributed by atoms with E-state index in [1.807, 2.05) is 95.2 Å². The van der Waals surface area contributed by atoms with Gasteiger partial charge in [0.25, 0.3) is 0 Å². The standard InChI is InChI=1S/2C34H46O6/c1-12-19-38-29-24(15-18-27(35)23-13-16-25(17-14-23)39-31(36)33(6,7)8)20-26(21(2)3)30(28(29)22(4)5)40-32(37)34(9,10)11;1-10-13-24-22-25(17-20-28(35)23-15-18-26(19-16-23)39-31(36)33(4,5)6)29(38-21-12-3)27(14-11-2)30(24)40-32(37)34(7,8)9/h13-18,20-22H,12,19H2,1-11H3;15-20,22H,10-14,21H2,1-9H3/b18-15+;20-17+. The molecule has 4 aromatic rings. The van der Waals surface area contributed by atoms with Crippen LogP contribution in [0, 0.1) is 21.7 Å². The molecular weight excluding hydrogens is 1010 g/mol. The average molecular weight is 1100 g/mol. The van der Waals surface area contributed by atoms with Crippen molar-refractivity contribution in [1.29, 1.82) is 0 Å². The van der Waals surface area contributed by atoms with E-state index in [1.54, 1.807) is 102 Å². The maximum absolute atomic E-state index is 13.1. The molecule has 0 heterocycles. The predicted molar refractivity (Wildman–Crippen MR) is 321 cm³/mol. The van der Waals surface area contributed by atoms with Crippen LogP contribution in [0.25, 0.3) is 12.2 Å². The Morgan fingerprint density at radius 3 is 1.18 bits per heavy atom. The van der Waals surface area contributed by atoms with Gasteiger partial charge in [-0.05, 0) is 217 Å². The van der Waals surface area contributed by atoms with Crippen LogP contribution in [0.4, 0.5) is 0 Å². The summed E-state index contributed by atoms with van der Waals surface area (Å²) in [4.78, 5) is 76.3. The molecule has 0 aliphatic heterocycles. The highest BCUT2D eigenvalue weighted by Crippen LogP contribution is 2.45. The molecule has 12 nitrogen and oxygen atoms in total. The average Bonchev–Trinajstić information content (AvgIpc) is 3.39. The van der Waals surface area contributed by atoms with Crippen molar-refractivity contribution in [1.82, 2.24) is 0 Å².